The van der Waals surface area contributed by atoms with Crippen molar-refractivity contribution >= 4 is 5.91 Å². The Kier molecular flexibility index (Phi) is 4.76. The fraction of sp³-hybridized carbons (Fsp3) is 0.438. The van der Waals surface area contributed by atoms with Crippen LogP contribution >= 0.6 is 0 Å². The van der Waals surface area contributed by atoms with Gasteiger partial charge in [0, 0.05) is 23.7 Å². The van der Waals surface area contributed by atoms with Crippen LogP contribution in [0.15, 0.2) is 28.8 Å². The monoisotopic (exact) mass is 354 g/mol. The molecular formula is C16H17F3N4O2. The number of aromatic nitrogens is 2. The molecule has 0 saturated carbocycles. The van der Waals surface area contributed by atoms with E-state index in [0.29, 0.717) is 11.1 Å². The molecule has 0 aliphatic carbocycles. The minimum Gasteiger partial charge on any atom is -0.348 e. The number of carbonyl (C=O) groups is 1. The molecule has 1 N–H and O–H groups in total. The summed E-state index contributed by atoms with van der Waals surface area (Å²) in [5.74, 6) is -1.78. The van der Waals surface area contributed by atoms with E-state index < -0.39 is 12.1 Å². The summed E-state index contributed by atoms with van der Waals surface area (Å²) in [6.07, 6.45) is -2.73. The zero-order chi connectivity index (χ0) is 18.0. The molecule has 1 saturated heterocycles. The predicted octanol–water partition coefficient (Wildman–Crippen LogP) is 2.58. The van der Waals surface area contributed by atoms with E-state index in [1.807, 2.05) is 7.05 Å². The zero-order valence-corrected chi connectivity index (χ0v) is 13.5. The van der Waals surface area contributed by atoms with Crippen LogP contribution in [0.3, 0.4) is 0 Å². The number of rotatable bonds is 3. The van der Waals surface area contributed by atoms with Crippen molar-refractivity contribution in [2.45, 2.75) is 25.1 Å². The van der Waals surface area contributed by atoms with Crippen LogP contribution in [0.4, 0.5) is 13.2 Å². The quantitative estimate of drug-likeness (QED) is 0.917. The van der Waals surface area contributed by atoms with Gasteiger partial charge in [0.25, 0.3) is 5.91 Å². The van der Waals surface area contributed by atoms with E-state index >= 15 is 0 Å². The number of piperidine rings is 1. The third-order valence-electron chi connectivity index (χ3n) is 4.03. The molecule has 0 bridgehead atoms. The second-order valence-electron chi connectivity index (χ2n) is 6.07. The van der Waals surface area contributed by atoms with Crippen molar-refractivity contribution in [3.8, 4) is 11.4 Å². The molecule has 25 heavy (non-hydrogen) atoms. The summed E-state index contributed by atoms with van der Waals surface area (Å²) in [6, 6.07) is 6.14. The van der Waals surface area contributed by atoms with Crippen LogP contribution < -0.4 is 5.32 Å². The highest BCUT2D eigenvalue weighted by molar-refractivity contribution is 5.94. The summed E-state index contributed by atoms with van der Waals surface area (Å²) in [5.41, 5.74) is 0.768. The standard InChI is InChI=1S/C16H17F3N4O2/c1-23-8-2-3-12(9-23)20-14(24)11-6-4-10(5-7-11)13-21-15(25-22-13)16(17,18)19/h4-7,12H,2-3,8-9H2,1H3,(H,20,24). The molecule has 1 aliphatic rings. The summed E-state index contributed by atoms with van der Waals surface area (Å²) in [7, 11) is 2.01. The Morgan fingerprint density at radius 2 is 2.04 bits per heavy atom. The minimum absolute atomic E-state index is 0.0949. The number of likely N-dealkylation sites (N-methyl/N-ethyl adjacent to an activating group) is 1. The molecule has 1 aromatic carbocycles. The number of nitrogens with one attached hydrogen (secondary N) is 1. The van der Waals surface area contributed by atoms with Crippen molar-refractivity contribution in [2.24, 2.45) is 0 Å². The summed E-state index contributed by atoms with van der Waals surface area (Å²) in [4.78, 5) is 17.8. The Labute approximate surface area is 142 Å². The minimum atomic E-state index is -4.68. The highest BCUT2D eigenvalue weighted by Gasteiger charge is 2.38. The van der Waals surface area contributed by atoms with Gasteiger partial charge in [-0.05, 0) is 38.6 Å². The first kappa shape index (κ1) is 17.4. The van der Waals surface area contributed by atoms with E-state index in [9.17, 15) is 18.0 Å². The van der Waals surface area contributed by atoms with Crippen molar-refractivity contribution in [1.29, 1.82) is 0 Å². The van der Waals surface area contributed by atoms with Gasteiger partial charge in [0.2, 0.25) is 5.82 Å². The molecule has 134 valence electrons. The van der Waals surface area contributed by atoms with Gasteiger partial charge in [-0.25, -0.2) is 0 Å². The van der Waals surface area contributed by atoms with Gasteiger partial charge < -0.3 is 14.7 Å². The number of hydrogen-bond donors (Lipinski definition) is 1. The molecule has 2 aromatic rings. The third-order valence-corrected chi connectivity index (χ3v) is 4.03. The number of carbonyl (C=O) groups excluding carboxylic acids is 1. The van der Waals surface area contributed by atoms with Gasteiger partial charge in [-0.1, -0.05) is 17.3 Å². The highest BCUT2D eigenvalue weighted by atomic mass is 19.4. The number of benzene rings is 1. The number of halogens is 3. The molecule has 1 aliphatic heterocycles. The fourth-order valence-electron chi connectivity index (χ4n) is 2.78. The summed E-state index contributed by atoms with van der Waals surface area (Å²) < 4.78 is 41.7. The first-order chi connectivity index (χ1) is 11.8. The van der Waals surface area contributed by atoms with Gasteiger partial charge in [0.1, 0.15) is 0 Å². The first-order valence-corrected chi connectivity index (χ1v) is 7.83. The smallest absolute Gasteiger partial charge is 0.348 e. The van der Waals surface area contributed by atoms with Gasteiger partial charge in [-0.15, -0.1) is 0 Å². The van der Waals surface area contributed by atoms with Gasteiger partial charge >= 0.3 is 12.1 Å². The lowest BCUT2D eigenvalue weighted by atomic mass is 10.1. The van der Waals surface area contributed by atoms with E-state index in [2.05, 4.69) is 24.9 Å². The van der Waals surface area contributed by atoms with E-state index in [0.717, 1.165) is 25.9 Å². The Bertz CT molecular complexity index is 743. The number of alkyl halides is 3. The van der Waals surface area contributed by atoms with Crippen LogP contribution in [0.1, 0.15) is 29.1 Å². The van der Waals surface area contributed by atoms with E-state index in [1.165, 1.54) is 24.3 Å². The number of amides is 1. The molecule has 1 unspecified atom stereocenters. The van der Waals surface area contributed by atoms with Crippen molar-refractivity contribution < 1.29 is 22.5 Å². The molecule has 2 heterocycles. The maximum Gasteiger partial charge on any atom is 0.471 e. The van der Waals surface area contributed by atoms with Crippen molar-refractivity contribution in [2.75, 3.05) is 20.1 Å². The van der Waals surface area contributed by atoms with Gasteiger partial charge in [0.15, 0.2) is 0 Å². The average molecular weight is 354 g/mol. The molecular weight excluding hydrogens is 337 g/mol. The Hall–Kier alpha value is -2.42. The maximum absolute atomic E-state index is 12.5. The van der Waals surface area contributed by atoms with E-state index in [-0.39, 0.29) is 17.8 Å². The van der Waals surface area contributed by atoms with E-state index in [4.69, 9.17) is 0 Å². The molecule has 0 spiro atoms. The molecule has 1 fully saturated rings. The highest BCUT2D eigenvalue weighted by Crippen LogP contribution is 2.29. The summed E-state index contributed by atoms with van der Waals surface area (Å²) in [5, 5.41) is 6.29. The maximum atomic E-state index is 12.5. The number of likely N-dealkylation sites (tertiary alicyclic amines) is 1. The summed E-state index contributed by atoms with van der Waals surface area (Å²) >= 11 is 0. The number of hydrogen-bond acceptors (Lipinski definition) is 5. The molecule has 1 atom stereocenters. The average Bonchev–Trinajstić information content (AvgIpc) is 3.05. The second-order valence-corrected chi connectivity index (χ2v) is 6.07. The van der Waals surface area contributed by atoms with Crippen molar-refractivity contribution in [3.63, 3.8) is 0 Å². The number of nitrogens with zero attached hydrogens (tertiary/aromatic N) is 3. The van der Waals surface area contributed by atoms with Crippen LogP contribution in [0, 0.1) is 0 Å². The van der Waals surface area contributed by atoms with Crippen LogP contribution in [0.2, 0.25) is 0 Å². The SMILES string of the molecule is CN1CCCC(NC(=O)c2ccc(-c3noc(C(F)(F)F)n3)cc2)C1. The Morgan fingerprint density at radius 3 is 2.64 bits per heavy atom. The molecule has 9 heteroatoms. The van der Waals surface area contributed by atoms with Crippen LogP contribution in [0.25, 0.3) is 11.4 Å². The van der Waals surface area contributed by atoms with Gasteiger partial charge in [0.05, 0.1) is 0 Å². The first-order valence-electron chi connectivity index (χ1n) is 7.83. The lowest BCUT2D eigenvalue weighted by Gasteiger charge is -2.30. The van der Waals surface area contributed by atoms with Crippen molar-refractivity contribution in [1.82, 2.24) is 20.4 Å². The Morgan fingerprint density at radius 1 is 1.32 bits per heavy atom. The molecule has 1 amide bonds. The fourth-order valence-corrected chi connectivity index (χ4v) is 2.78. The van der Waals surface area contributed by atoms with Crippen molar-refractivity contribution in [3.05, 3.63) is 35.7 Å². The molecule has 0 radical (unpaired) electrons. The molecule has 3 rings (SSSR count). The largest absolute Gasteiger partial charge is 0.471 e. The topological polar surface area (TPSA) is 71.3 Å². The van der Waals surface area contributed by atoms with Crippen LogP contribution in [0.5, 0.6) is 0 Å². The Balaban J connectivity index is 1.67. The normalized spacial score (nSPS) is 19.0. The van der Waals surface area contributed by atoms with Crippen LogP contribution in [-0.2, 0) is 6.18 Å². The third kappa shape index (κ3) is 4.16. The second kappa shape index (κ2) is 6.83. The lowest BCUT2D eigenvalue weighted by molar-refractivity contribution is -0.159. The van der Waals surface area contributed by atoms with Gasteiger partial charge in [-0.2, -0.15) is 18.2 Å². The molecule has 1 aromatic heterocycles. The molecule has 6 nitrogen and oxygen atoms in total. The lowest BCUT2D eigenvalue weighted by Crippen LogP contribution is -2.46. The predicted molar refractivity (Wildman–Crippen MR) is 82.7 cm³/mol. The zero-order valence-electron chi connectivity index (χ0n) is 13.5. The van der Waals surface area contributed by atoms with Gasteiger partial charge in [-0.3, -0.25) is 4.79 Å². The summed E-state index contributed by atoms with van der Waals surface area (Å²) in [6.45, 7) is 1.82. The van der Waals surface area contributed by atoms with Crippen LogP contribution in [-0.4, -0.2) is 47.1 Å². The van der Waals surface area contributed by atoms with E-state index in [1.54, 1.807) is 0 Å².